The van der Waals surface area contributed by atoms with Crippen molar-refractivity contribution < 1.29 is 17.7 Å². The number of nitrogens with zero attached hydrogens (tertiary/aromatic N) is 1. The molecule has 0 radical (unpaired) electrons. The van der Waals surface area contributed by atoms with Crippen LogP contribution >= 0.6 is 0 Å². The largest absolute Gasteiger partial charge is 0.457 e. The predicted octanol–water partition coefficient (Wildman–Crippen LogP) is 3.86. The van der Waals surface area contributed by atoms with E-state index in [4.69, 9.17) is 9.26 Å². The van der Waals surface area contributed by atoms with Gasteiger partial charge < -0.3 is 9.26 Å². The fourth-order valence-electron chi connectivity index (χ4n) is 2.80. The Morgan fingerprint density at radius 2 is 1.48 bits per heavy atom. The summed E-state index contributed by atoms with van der Waals surface area (Å²) in [7, 11) is -3.69. The number of ether oxygens (including phenoxy) is 1. The van der Waals surface area contributed by atoms with Crippen molar-refractivity contribution in [2.45, 2.75) is 0 Å². The zero-order valence-electron chi connectivity index (χ0n) is 14.3. The van der Waals surface area contributed by atoms with Crippen molar-refractivity contribution in [3.05, 3.63) is 83.2 Å². The summed E-state index contributed by atoms with van der Waals surface area (Å²) in [5.74, 6) is 1.43. The van der Waals surface area contributed by atoms with Gasteiger partial charge in [-0.15, -0.1) is 0 Å². The molecule has 0 aliphatic heterocycles. The second kappa shape index (κ2) is 6.44. The molecule has 4 aromatic rings. The number of benzene rings is 3. The molecule has 0 aliphatic carbocycles. The zero-order chi connectivity index (χ0) is 19.0. The number of rotatable bonds is 4. The van der Waals surface area contributed by atoms with Crippen LogP contribution in [0.25, 0.3) is 22.0 Å². The van der Waals surface area contributed by atoms with E-state index in [1.807, 2.05) is 54.6 Å². The molecular weight excluding hydrogens is 366 g/mol. The molecular formula is C20H15NO5S. The van der Waals surface area contributed by atoms with Gasteiger partial charge in [-0.25, -0.2) is 13.2 Å². The number of hydrogen-bond acceptors (Lipinski definition) is 5. The topological polar surface area (TPSA) is 78.5 Å². The highest BCUT2D eigenvalue weighted by atomic mass is 32.2. The van der Waals surface area contributed by atoms with Crippen LogP contribution in [-0.4, -0.2) is 18.8 Å². The van der Waals surface area contributed by atoms with Crippen LogP contribution in [0.3, 0.4) is 0 Å². The fourth-order valence-corrected chi connectivity index (χ4v) is 3.52. The number of hydrogen-bond donors (Lipinski definition) is 0. The van der Waals surface area contributed by atoms with Crippen LogP contribution in [0.2, 0.25) is 0 Å². The first-order valence-electron chi connectivity index (χ1n) is 8.12. The summed E-state index contributed by atoms with van der Waals surface area (Å²) in [4.78, 5) is 12.0. The van der Waals surface area contributed by atoms with E-state index >= 15 is 0 Å². The summed E-state index contributed by atoms with van der Waals surface area (Å²) in [5, 5.41) is 0.211. The quantitative estimate of drug-likeness (QED) is 0.536. The van der Waals surface area contributed by atoms with Crippen molar-refractivity contribution in [3.63, 3.8) is 0 Å². The van der Waals surface area contributed by atoms with Crippen molar-refractivity contribution >= 4 is 20.9 Å². The molecule has 0 spiro atoms. The van der Waals surface area contributed by atoms with Gasteiger partial charge in [-0.2, -0.15) is 0 Å². The molecule has 0 unspecified atom stereocenters. The maximum absolute atomic E-state index is 12.0. The third-order valence-corrected chi connectivity index (χ3v) is 4.92. The van der Waals surface area contributed by atoms with Crippen LogP contribution in [0.1, 0.15) is 0 Å². The van der Waals surface area contributed by atoms with Gasteiger partial charge in [0, 0.05) is 0 Å². The second-order valence-corrected chi connectivity index (χ2v) is 7.84. The lowest BCUT2D eigenvalue weighted by atomic mass is 10.0. The van der Waals surface area contributed by atoms with E-state index in [1.54, 1.807) is 18.2 Å². The van der Waals surface area contributed by atoms with Gasteiger partial charge in [-0.05, 0) is 47.5 Å². The first-order valence-corrected chi connectivity index (χ1v) is 9.97. The van der Waals surface area contributed by atoms with E-state index < -0.39 is 15.6 Å². The summed E-state index contributed by atoms with van der Waals surface area (Å²) in [6.07, 6.45) is 0.981. The van der Waals surface area contributed by atoms with Crippen molar-refractivity contribution in [2.24, 2.45) is 0 Å². The van der Waals surface area contributed by atoms with E-state index in [0.29, 0.717) is 9.89 Å². The van der Waals surface area contributed by atoms with Gasteiger partial charge in [-0.1, -0.05) is 40.5 Å². The van der Waals surface area contributed by atoms with Crippen LogP contribution in [0.4, 0.5) is 0 Å². The standard InChI is InChI=1S/C20H15NO5S/c1-27(23,24)21-19-12-9-15(13-18(19)20(22)26-21)14-7-10-17(11-8-14)25-16-5-3-2-4-6-16/h2-13H,1H3. The Labute approximate surface area is 155 Å². The van der Waals surface area contributed by atoms with Crippen LogP contribution in [-0.2, 0) is 10.0 Å². The lowest BCUT2D eigenvalue weighted by molar-refractivity contribution is 0.353. The van der Waals surface area contributed by atoms with E-state index in [0.717, 1.165) is 23.1 Å². The fraction of sp³-hybridized carbons (Fsp3) is 0.0500. The summed E-state index contributed by atoms with van der Waals surface area (Å²) in [5.41, 5.74) is 1.16. The Balaban J connectivity index is 1.68. The Bertz CT molecular complexity index is 1270. The molecule has 0 N–H and O–H groups in total. The van der Waals surface area contributed by atoms with Crippen molar-refractivity contribution in [1.82, 2.24) is 4.15 Å². The van der Waals surface area contributed by atoms with Gasteiger partial charge in [-0.3, -0.25) is 0 Å². The van der Waals surface area contributed by atoms with E-state index in [9.17, 15) is 13.2 Å². The molecule has 27 heavy (non-hydrogen) atoms. The molecule has 1 heterocycles. The molecule has 3 aromatic carbocycles. The molecule has 136 valence electrons. The molecule has 7 heteroatoms. The highest BCUT2D eigenvalue weighted by molar-refractivity contribution is 7.89. The van der Waals surface area contributed by atoms with Gasteiger partial charge in [0.15, 0.2) is 0 Å². The third kappa shape index (κ3) is 3.37. The molecule has 1 aromatic heterocycles. The summed E-state index contributed by atoms with van der Waals surface area (Å²) in [6.45, 7) is 0. The van der Waals surface area contributed by atoms with Gasteiger partial charge in [0.2, 0.25) is 0 Å². The monoisotopic (exact) mass is 381 g/mol. The average molecular weight is 381 g/mol. The highest BCUT2D eigenvalue weighted by Crippen LogP contribution is 2.27. The molecule has 6 nitrogen and oxygen atoms in total. The van der Waals surface area contributed by atoms with Gasteiger partial charge in [0.05, 0.1) is 11.6 Å². The smallest absolute Gasteiger partial charge is 0.366 e. The number of para-hydroxylation sites is 1. The Morgan fingerprint density at radius 3 is 2.15 bits per heavy atom. The van der Waals surface area contributed by atoms with Crippen LogP contribution in [0.5, 0.6) is 11.5 Å². The number of fused-ring (bicyclic) bond motifs is 1. The van der Waals surface area contributed by atoms with E-state index in [1.165, 1.54) is 0 Å². The Hall–Kier alpha value is -3.32. The minimum atomic E-state index is -3.69. The maximum Gasteiger partial charge on any atom is 0.366 e. The Kier molecular flexibility index (Phi) is 4.08. The first-order chi connectivity index (χ1) is 12.9. The average Bonchev–Trinajstić information content (AvgIpc) is 3.00. The SMILES string of the molecule is CS(=O)(=O)n1oc(=O)c2cc(-c3ccc(Oc4ccccc4)cc3)ccc21. The molecule has 0 saturated carbocycles. The zero-order valence-corrected chi connectivity index (χ0v) is 15.1. The van der Waals surface area contributed by atoms with Crippen molar-refractivity contribution in [3.8, 4) is 22.6 Å². The second-order valence-electron chi connectivity index (χ2n) is 6.04. The lowest BCUT2D eigenvalue weighted by Gasteiger charge is -2.07. The van der Waals surface area contributed by atoms with Crippen molar-refractivity contribution in [2.75, 3.05) is 6.26 Å². The van der Waals surface area contributed by atoms with Crippen molar-refractivity contribution in [1.29, 1.82) is 0 Å². The lowest BCUT2D eigenvalue weighted by Crippen LogP contribution is -2.09. The molecule has 0 aliphatic rings. The van der Waals surface area contributed by atoms with Crippen LogP contribution in [0.15, 0.2) is 82.1 Å². The van der Waals surface area contributed by atoms with Crippen LogP contribution in [0, 0.1) is 0 Å². The predicted molar refractivity (Wildman–Crippen MR) is 103 cm³/mol. The third-order valence-electron chi connectivity index (χ3n) is 4.05. The normalized spacial score (nSPS) is 11.6. The summed E-state index contributed by atoms with van der Waals surface area (Å²) < 4.78 is 34.7. The van der Waals surface area contributed by atoms with Crippen LogP contribution < -0.4 is 10.4 Å². The van der Waals surface area contributed by atoms with E-state index in [-0.39, 0.29) is 10.9 Å². The minimum absolute atomic E-state index is 0.211. The van der Waals surface area contributed by atoms with E-state index in [2.05, 4.69) is 0 Å². The number of aromatic nitrogens is 1. The molecule has 0 amide bonds. The molecule has 4 rings (SSSR count). The highest BCUT2D eigenvalue weighted by Gasteiger charge is 2.17. The molecule has 0 atom stereocenters. The maximum atomic E-state index is 12.0. The molecule has 0 saturated heterocycles. The van der Waals surface area contributed by atoms with Gasteiger partial charge >= 0.3 is 5.63 Å². The van der Waals surface area contributed by atoms with Gasteiger partial charge in [0.1, 0.15) is 17.0 Å². The minimum Gasteiger partial charge on any atom is -0.457 e. The van der Waals surface area contributed by atoms with Gasteiger partial charge in [0.25, 0.3) is 10.0 Å². The summed E-state index contributed by atoms with van der Waals surface area (Å²) in [6, 6.07) is 21.8. The first kappa shape index (κ1) is 17.1. The Morgan fingerprint density at radius 1 is 0.852 bits per heavy atom. The molecule has 0 fully saturated rings. The summed E-state index contributed by atoms with van der Waals surface area (Å²) >= 11 is 0. The molecule has 0 bridgehead atoms.